The molecule has 0 aliphatic rings. The van der Waals surface area contributed by atoms with E-state index in [0.29, 0.717) is 0 Å². The zero-order valence-electron chi connectivity index (χ0n) is 8.76. The largest absolute Gasteiger partial charge is 0.477 e. The quantitative estimate of drug-likeness (QED) is 0.528. The molecule has 0 fully saturated rings. The van der Waals surface area contributed by atoms with E-state index in [0.717, 1.165) is 12.8 Å². The maximum absolute atomic E-state index is 10.4. The maximum Gasteiger partial charge on any atom is 0.342 e. The number of carboxylic acid groups (broad SMARTS) is 1. The van der Waals surface area contributed by atoms with Gasteiger partial charge in [-0.2, -0.15) is 0 Å². The van der Waals surface area contributed by atoms with Crippen molar-refractivity contribution in [1.82, 2.24) is 0 Å². The molecular weight excluding hydrogens is 244 g/mol. The SMILES string of the molecule is CCCCCCCCC=C(Br)C(=O)O. The van der Waals surface area contributed by atoms with Crippen molar-refractivity contribution in [1.29, 1.82) is 0 Å². The third kappa shape index (κ3) is 8.30. The molecule has 0 aliphatic heterocycles. The molecule has 0 radical (unpaired) electrons. The van der Waals surface area contributed by atoms with Gasteiger partial charge < -0.3 is 5.11 Å². The second-order valence-electron chi connectivity index (χ2n) is 3.41. The monoisotopic (exact) mass is 262 g/mol. The second kappa shape index (κ2) is 9.25. The Kier molecular flexibility index (Phi) is 9.05. The number of hydrogen-bond donors (Lipinski definition) is 1. The lowest BCUT2D eigenvalue weighted by Gasteiger charge is -1.97. The molecule has 82 valence electrons. The Labute approximate surface area is 94.5 Å². The highest BCUT2D eigenvalue weighted by Crippen LogP contribution is 2.11. The Morgan fingerprint density at radius 1 is 1.21 bits per heavy atom. The van der Waals surface area contributed by atoms with E-state index in [9.17, 15) is 4.79 Å². The van der Waals surface area contributed by atoms with Crippen LogP contribution in [-0.2, 0) is 4.79 Å². The summed E-state index contributed by atoms with van der Waals surface area (Å²) in [5.41, 5.74) is 0. The first kappa shape index (κ1) is 13.7. The predicted octanol–water partition coefficient (Wildman–Crippen LogP) is 4.10. The number of hydrogen-bond acceptors (Lipinski definition) is 1. The molecule has 2 nitrogen and oxygen atoms in total. The third-order valence-electron chi connectivity index (χ3n) is 2.09. The summed E-state index contributed by atoms with van der Waals surface area (Å²) in [5, 5.41) is 8.54. The topological polar surface area (TPSA) is 37.3 Å². The van der Waals surface area contributed by atoms with Crippen LogP contribution < -0.4 is 0 Å². The number of allylic oxidation sites excluding steroid dienone is 1. The van der Waals surface area contributed by atoms with Crippen LogP contribution in [0.5, 0.6) is 0 Å². The van der Waals surface area contributed by atoms with Gasteiger partial charge in [0.1, 0.15) is 0 Å². The number of halogens is 1. The van der Waals surface area contributed by atoms with Crippen molar-refractivity contribution in [2.45, 2.75) is 51.9 Å². The van der Waals surface area contributed by atoms with Crippen molar-refractivity contribution >= 4 is 21.9 Å². The summed E-state index contributed by atoms with van der Waals surface area (Å²) in [5.74, 6) is -0.879. The minimum absolute atomic E-state index is 0.283. The Balaban J connectivity index is 3.29. The van der Waals surface area contributed by atoms with Gasteiger partial charge >= 0.3 is 5.97 Å². The zero-order chi connectivity index (χ0) is 10.8. The van der Waals surface area contributed by atoms with E-state index >= 15 is 0 Å². The molecule has 0 aliphatic carbocycles. The van der Waals surface area contributed by atoms with Gasteiger partial charge in [0.2, 0.25) is 0 Å². The predicted molar refractivity (Wildman–Crippen MR) is 62.6 cm³/mol. The third-order valence-corrected chi connectivity index (χ3v) is 2.75. The molecule has 14 heavy (non-hydrogen) atoms. The molecular formula is C11H19BrO2. The minimum Gasteiger partial charge on any atom is -0.477 e. The van der Waals surface area contributed by atoms with Crippen LogP contribution in [0.1, 0.15) is 51.9 Å². The first-order chi connectivity index (χ1) is 6.68. The Hall–Kier alpha value is -0.310. The number of rotatable bonds is 8. The summed E-state index contributed by atoms with van der Waals surface area (Å²) in [4.78, 5) is 10.4. The van der Waals surface area contributed by atoms with Crippen LogP contribution in [-0.4, -0.2) is 11.1 Å². The highest BCUT2D eigenvalue weighted by atomic mass is 79.9. The molecule has 0 rings (SSSR count). The average Bonchev–Trinajstić information content (AvgIpc) is 2.16. The smallest absolute Gasteiger partial charge is 0.342 e. The molecule has 0 heterocycles. The lowest BCUT2D eigenvalue weighted by molar-refractivity contribution is -0.131. The van der Waals surface area contributed by atoms with Crippen LogP contribution in [0.3, 0.4) is 0 Å². The fourth-order valence-corrected chi connectivity index (χ4v) is 1.47. The van der Waals surface area contributed by atoms with Crippen molar-refractivity contribution in [3.63, 3.8) is 0 Å². The van der Waals surface area contributed by atoms with Crippen molar-refractivity contribution in [3.05, 3.63) is 10.6 Å². The van der Waals surface area contributed by atoms with Gasteiger partial charge in [-0.3, -0.25) is 0 Å². The first-order valence-electron chi connectivity index (χ1n) is 5.27. The molecule has 0 aromatic heterocycles. The standard InChI is InChI=1S/C11H19BrO2/c1-2-3-4-5-6-7-8-9-10(12)11(13)14/h9H,2-8H2,1H3,(H,13,14). The summed E-state index contributed by atoms with van der Waals surface area (Å²) in [6, 6.07) is 0. The Morgan fingerprint density at radius 3 is 2.36 bits per heavy atom. The van der Waals surface area contributed by atoms with Gasteiger partial charge in [0.05, 0.1) is 4.48 Å². The van der Waals surface area contributed by atoms with E-state index < -0.39 is 5.97 Å². The van der Waals surface area contributed by atoms with Crippen LogP contribution in [0.4, 0.5) is 0 Å². The number of carboxylic acids is 1. The Morgan fingerprint density at radius 2 is 1.79 bits per heavy atom. The number of aliphatic carboxylic acids is 1. The average molecular weight is 263 g/mol. The van der Waals surface area contributed by atoms with Crippen LogP contribution in [0.15, 0.2) is 10.6 Å². The summed E-state index contributed by atoms with van der Waals surface area (Å²) in [6.45, 7) is 2.20. The minimum atomic E-state index is -0.879. The highest BCUT2D eigenvalue weighted by molar-refractivity contribution is 9.12. The fraction of sp³-hybridized carbons (Fsp3) is 0.727. The summed E-state index contributed by atoms with van der Waals surface area (Å²) in [6.07, 6.45) is 10.1. The van der Waals surface area contributed by atoms with E-state index in [1.165, 1.54) is 32.1 Å². The van der Waals surface area contributed by atoms with Crippen LogP contribution in [0.25, 0.3) is 0 Å². The summed E-state index contributed by atoms with van der Waals surface area (Å²) in [7, 11) is 0. The van der Waals surface area contributed by atoms with Gasteiger partial charge in [-0.1, -0.05) is 45.1 Å². The van der Waals surface area contributed by atoms with E-state index in [1.54, 1.807) is 6.08 Å². The molecule has 0 aromatic carbocycles. The normalized spacial score (nSPS) is 11.7. The first-order valence-corrected chi connectivity index (χ1v) is 6.06. The molecule has 0 unspecified atom stereocenters. The zero-order valence-corrected chi connectivity index (χ0v) is 10.3. The van der Waals surface area contributed by atoms with Crippen molar-refractivity contribution in [2.24, 2.45) is 0 Å². The molecule has 0 amide bonds. The van der Waals surface area contributed by atoms with Crippen LogP contribution in [0.2, 0.25) is 0 Å². The molecule has 0 spiro atoms. The van der Waals surface area contributed by atoms with Gasteiger partial charge in [-0.15, -0.1) is 0 Å². The fourth-order valence-electron chi connectivity index (χ4n) is 1.24. The molecule has 3 heteroatoms. The second-order valence-corrected chi connectivity index (χ2v) is 4.27. The summed E-state index contributed by atoms with van der Waals surface area (Å²) < 4.78 is 0.283. The van der Waals surface area contributed by atoms with E-state index in [2.05, 4.69) is 22.9 Å². The molecule has 0 saturated heterocycles. The Bertz CT molecular complexity index is 188. The van der Waals surface area contributed by atoms with Crippen molar-refractivity contribution in [2.75, 3.05) is 0 Å². The van der Waals surface area contributed by atoms with E-state index in [4.69, 9.17) is 5.11 Å². The van der Waals surface area contributed by atoms with E-state index in [-0.39, 0.29) is 4.48 Å². The maximum atomic E-state index is 10.4. The lowest BCUT2D eigenvalue weighted by Crippen LogP contribution is -1.92. The van der Waals surface area contributed by atoms with Crippen molar-refractivity contribution in [3.8, 4) is 0 Å². The molecule has 0 bridgehead atoms. The molecule has 1 N–H and O–H groups in total. The van der Waals surface area contributed by atoms with Crippen LogP contribution in [0, 0.1) is 0 Å². The van der Waals surface area contributed by atoms with E-state index in [1.807, 2.05) is 0 Å². The summed E-state index contributed by atoms with van der Waals surface area (Å²) >= 11 is 3.00. The highest BCUT2D eigenvalue weighted by Gasteiger charge is 1.99. The van der Waals surface area contributed by atoms with Crippen LogP contribution >= 0.6 is 15.9 Å². The molecule has 0 atom stereocenters. The van der Waals surface area contributed by atoms with Gasteiger partial charge in [-0.05, 0) is 28.8 Å². The van der Waals surface area contributed by atoms with Gasteiger partial charge in [0.15, 0.2) is 0 Å². The van der Waals surface area contributed by atoms with Gasteiger partial charge in [0.25, 0.3) is 0 Å². The molecule has 0 aromatic rings. The molecule has 0 saturated carbocycles. The number of carbonyl (C=O) groups is 1. The van der Waals surface area contributed by atoms with Crippen molar-refractivity contribution < 1.29 is 9.90 Å². The van der Waals surface area contributed by atoms with Gasteiger partial charge in [0, 0.05) is 0 Å². The lowest BCUT2D eigenvalue weighted by atomic mass is 10.1. The van der Waals surface area contributed by atoms with Gasteiger partial charge in [-0.25, -0.2) is 4.79 Å². The number of unbranched alkanes of at least 4 members (excludes halogenated alkanes) is 6.